The van der Waals surface area contributed by atoms with Gasteiger partial charge in [-0.3, -0.25) is 0 Å². The van der Waals surface area contributed by atoms with E-state index < -0.39 is 7.69 Å². The number of benzene rings is 2. The lowest BCUT2D eigenvalue weighted by Crippen LogP contribution is -2.20. The molecule has 0 bridgehead atoms. The summed E-state index contributed by atoms with van der Waals surface area (Å²) < 4.78 is 0. The zero-order valence-corrected chi connectivity index (χ0v) is 13.2. The molecule has 0 atom stereocenters. The maximum atomic E-state index is 7.12. The van der Waals surface area contributed by atoms with Gasteiger partial charge in [0.05, 0.1) is 0 Å². The van der Waals surface area contributed by atoms with Crippen molar-refractivity contribution in [1.29, 1.82) is 0 Å². The Kier molecular flexibility index (Phi) is 11.6. The maximum absolute atomic E-state index is 7.12. The van der Waals surface area contributed by atoms with Crippen LogP contribution >= 0.6 is 12.4 Å². The molecule has 0 aromatic heterocycles. The summed E-state index contributed by atoms with van der Waals surface area (Å²) in [6.45, 7) is 2.12. The van der Waals surface area contributed by atoms with Crippen LogP contribution in [0, 0.1) is 0 Å². The quantitative estimate of drug-likeness (QED) is 0.831. The molecule has 2 N–H and O–H groups in total. The number of halogens is 1. The molecule has 5 heteroatoms. The van der Waals surface area contributed by atoms with Gasteiger partial charge in [-0.05, 0) is 24.6 Å². The van der Waals surface area contributed by atoms with Gasteiger partial charge in [0.2, 0.25) is 0 Å². The van der Waals surface area contributed by atoms with Crippen LogP contribution in [0.15, 0.2) is 60.7 Å². The number of hydrogen-bond acceptors (Lipinski definition) is 3. The average Bonchev–Trinajstić information content (AvgIpc) is 2.48. The van der Waals surface area contributed by atoms with E-state index in [1.807, 2.05) is 0 Å². The Morgan fingerprint density at radius 1 is 0.857 bits per heavy atom. The van der Waals surface area contributed by atoms with Crippen LogP contribution in [-0.2, 0) is 13.0 Å². The van der Waals surface area contributed by atoms with E-state index in [0.717, 1.165) is 19.5 Å². The number of rotatable bonds is 5. The molecule has 0 fully saturated rings. The van der Waals surface area contributed by atoms with E-state index in [9.17, 15) is 0 Å². The second kappa shape index (κ2) is 12.4. The molecule has 21 heavy (non-hydrogen) atoms. The van der Waals surface area contributed by atoms with Gasteiger partial charge in [0.1, 0.15) is 0 Å². The molecule has 0 aliphatic rings. The lowest BCUT2D eigenvalue weighted by atomic mass is 10.1. The predicted molar refractivity (Wildman–Crippen MR) is 91.8 cm³/mol. The molecule has 0 amide bonds. The Bertz CT molecular complexity index is 456. The SMILES string of the molecule is CN(CCc1ccccc1)Cc1ccccc1.Cl.OBO. The van der Waals surface area contributed by atoms with Crippen molar-refractivity contribution in [2.75, 3.05) is 13.6 Å². The van der Waals surface area contributed by atoms with Crippen LogP contribution in [-0.4, -0.2) is 36.2 Å². The van der Waals surface area contributed by atoms with Crippen molar-refractivity contribution < 1.29 is 10.0 Å². The van der Waals surface area contributed by atoms with E-state index in [1.54, 1.807) is 0 Å². The van der Waals surface area contributed by atoms with Gasteiger partial charge in [0, 0.05) is 13.1 Å². The molecule has 2 aromatic carbocycles. The van der Waals surface area contributed by atoms with E-state index in [2.05, 4.69) is 72.6 Å². The highest BCUT2D eigenvalue weighted by Crippen LogP contribution is 2.05. The summed E-state index contributed by atoms with van der Waals surface area (Å²) >= 11 is 0. The predicted octanol–water partition coefficient (Wildman–Crippen LogP) is 2.02. The summed E-state index contributed by atoms with van der Waals surface area (Å²) in [7, 11) is 1.43. The van der Waals surface area contributed by atoms with Crippen molar-refractivity contribution in [3.8, 4) is 0 Å². The fraction of sp³-hybridized carbons (Fsp3) is 0.250. The van der Waals surface area contributed by atoms with Crippen LogP contribution in [0.25, 0.3) is 0 Å². The monoisotopic (exact) mass is 307 g/mol. The van der Waals surface area contributed by atoms with Crippen LogP contribution < -0.4 is 0 Å². The molecule has 3 nitrogen and oxygen atoms in total. The summed E-state index contributed by atoms with van der Waals surface area (Å²) in [5.74, 6) is 0. The van der Waals surface area contributed by atoms with E-state index in [1.165, 1.54) is 11.1 Å². The third kappa shape index (κ3) is 9.26. The largest absolute Gasteiger partial charge is 0.432 e. The highest BCUT2D eigenvalue weighted by molar-refractivity contribution is 6.13. The molecule has 2 rings (SSSR count). The second-order valence-electron chi connectivity index (χ2n) is 4.60. The van der Waals surface area contributed by atoms with Crippen molar-refractivity contribution in [2.45, 2.75) is 13.0 Å². The van der Waals surface area contributed by atoms with Crippen LogP contribution in [0.3, 0.4) is 0 Å². The lowest BCUT2D eigenvalue weighted by molar-refractivity contribution is 0.331. The number of nitrogens with zero attached hydrogens (tertiary/aromatic N) is 1. The maximum Gasteiger partial charge on any atom is 0.432 e. The third-order valence-electron chi connectivity index (χ3n) is 2.92. The molecule has 0 spiro atoms. The minimum atomic E-state index is -0.750. The highest BCUT2D eigenvalue weighted by atomic mass is 35.5. The van der Waals surface area contributed by atoms with Crippen molar-refractivity contribution in [3.63, 3.8) is 0 Å². The van der Waals surface area contributed by atoms with E-state index in [4.69, 9.17) is 10.0 Å². The number of hydrogen-bond donors (Lipinski definition) is 2. The Hall–Kier alpha value is -1.33. The summed E-state index contributed by atoms with van der Waals surface area (Å²) in [6, 6.07) is 21.3. The first-order valence-electron chi connectivity index (χ1n) is 6.74. The van der Waals surface area contributed by atoms with Crippen molar-refractivity contribution in [3.05, 3.63) is 71.8 Å². The molecule has 0 aliphatic heterocycles. The first-order chi connectivity index (χ1) is 9.76. The molecule has 0 aliphatic carbocycles. The van der Waals surface area contributed by atoms with Crippen LogP contribution in [0.5, 0.6) is 0 Å². The Balaban J connectivity index is 0.000000922. The van der Waals surface area contributed by atoms with Gasteiger partial charge in [-0.25, -0.2) is 0 Å². The Morgan fingerprint density at radius 3 is 1.76 bits per heavy atom. The van der Waals surface area contributed by atoms with Crippen LogP contribution in [0.1, 0.15) is 11.1 Å². The zero-order chi connectivity index (χ0) is 14.6. The topological polar surface area (TPSA) is 43.7 Å². The molecule has 0 heterocycles. The Labute approximate surface area is 134 Å². The standard InChI is InChI=1S/C16H19N.BH3O2.ClH/c1-17(14-16-10-6-3-7-11-16)13-12-15-8-4-2-5-9-15;2-1-3;/h2-11H,12-14H2,1H3;1-3H;1H. The van der Waals surface area contributed by atoms with Gasteiger partial charge in [-0.2, -0.15) is 0 Å². The van der Waals surface area contributed by atoms with E-state index in [0.29, 0.717) is 0 Å². The van der Waals surface area contributed by atoms with E-state index >= 15 is 0 Å². The second-order valence-corrected chi connectivity index (χ2v) is 4.60. The smallest absolute Gasteiger partial charge is 0.430 e. The van der Waals surface area contributed by atoms with Crippen molar-refractivity contribution in [2.24, 2.45) is 0 Å². The molecule has 2 aromatic rings. The minimum absolute atomic E-state index is 0. The molecular formula is C16H23BClNO2. The normalized spacial score (nSPS) is 9.33. The van der Waals surface area contributed by atoms with Crippen LogP contribution in [0.4, 0.5) is 0 Å². The molecule has 0 unspecified atom stereocenters. The molecule has 0 saturated carbocycles. The fourth-order valence-corrected chi connectivity index (χ4v) is 1.94. The first kappa shape index (κ1) is 19.7. The van der Waals surface area contributed by atoms with Gasteiger partial charge < -0.3 is 14.9 Å². The van der Waals surface area contributed by atoms with Gasteiger partial charge in [0.25, 0.3) is 0 Å². The average molecular weight is 308 g/mol. The summed E-state index contributed by atoms with van der Waals surface area (Å²) in [5, 5.41) is 14.2. The van der Waals surface area contributed by atoms with Gasteiger partial charge in [-0.1, -0.05) is 60.7 Å². The first-order valence-corrected chi connectivity index (χ1v) is 6.74. The highest BCUT2D eigenvalue weighted by Gasteiger charge is 2.00. The van der Waals surface area contributed by atoms with Crippen molar-refractivity contribution >= 4 is 20.1 Å². The van der Waals surface area contributed by atoms with Crippen LogP contribution in [0.2, 0.25) is 0 Å². The lowest BCUT2D eigenvalue weighted by Gasteiger charge is -2.16. The van der Waals surface area contributed by atoms with Gasteiger partial charge >= 0.3 is 7.69 Å². The van der Waals surface area contributed by atoms with Crippen molar-refractivity contribution in [1.82, 2.24) is 4.90 Å². The number of likely N-dealkylation sites (N-methyl/N-ethyl adjacent to an activating group) is 1. The summed E-state index contributed by atoms with van der Waals surface area (Å²) in [6.07, 6.45) is 1.12. The van der Waals surface area contributed by atoms with Gasteiger partial charge in [-0.15, -0.1) is 12.4 Å². The zero-order valence-electron chi connectivity index (χ0n) is 12.4. The summed E-state index contributed by atoms with van der Waals surface area (Å²) in [4.78, 5) is 2.36. The molecule has 0 radical (unpaired) electrons. The molecule has 0 saturated heterocycles. The third-order valence-corrected chi connectivity index (χ3v) is 2.92. The molecular weight excluding hydrogens is 284 g/mol. The Morgan fingerprint density at radius 2 is 1.29 bits per heavy atom. The summed E-state index contributed by atoms with van der Waals surface area (Å²) in [5.41, 5.74) is 2.79. The minimum Gasteiger partial charge on any atom is -0.430 e. The van der Waals surface area contributed by atoms with Gasteiger partial charge in [0.15, 0.2) is 0 Å². The fourth-order valence-electron chi connectivity index (χ4n) is 1.94. The van der Waals surface area contributed by atoms with E-state index in [-0.39, 0.29) is 12.4 Å². The molecule has 114 valence electrons.